The van der Waals surface area contributed by atoms with Gasteiger partial charge in [-0.05, 0) is 41.8 Å². The van der Waals surface area contributed by atoms with Crippen LogP contribution in [0.25, 0.3) is 11.0 Å². The average Bonchev–Trinajstić information content (AvgIpc) is 3.07. The Morgan fingerprint density at radius 1 is 1.24 bits per heavy atom. The van der Waals surface area contributed by atoms with E-state index in [1.807, 2.05) is 0 Å². The van der Waals surface area contributed by atoms with Crippen molar-refractivity contribution in [1.82, 2.24) is 19.9 Å². The van der Waals surface area contributed by atoms with Gasteiger partial charge in [-0.2, -0.15) is 4.98 Å². The van der Waals surface area contributed by atoms with Gasteiger partial charge in [-0.25, -0.2) is 9.78 Å². The number of amides is 1. The van der Waals surface area contributed by atoms with E-state index < -0.39 is 23.9 Å². The number of pyridine rings is 1. The molecule has 0 bridgehead atoms. The van der Waals surface area contributed by atoms with Crippen LogP contribution in [0.4, 0.5) is 11.6 Å². The number of nitrogen functional groups attached to an aromatic ring is 1. The molecule has 0 unspecified atom stereocenters. The van der Waals surface area contributed by atoms with Crippen LogP contribution in [-0.4, -0.2) is 54.0 Å². The highest BCUT2D eigenvalue weighted by atomic mass is 16.4. The van der Waals surface area contributed by atoms with Crippen molar-refractivity contribution in [2.45, 2.75) is 32.0 Å². The van der Waals surface area contributed by atoms with Crippen molar-refractivity contribution in [2.75, 3.05) is 11.1 Å². The molecule has 170 valence electrons. The maximum atomic E-state index is 12.7. The zero-order valence-electron chi connectivity index (χ0n) is 17.2. The number of hydrogen-bond donors (Lipinski definition) is 5. The maximum Gasteiger partial charge on any atom is 0.326 e. The summed E-state index contributed by atoms with van der Waals surface area (Å²) in [6, 6.07) is 5.47. The lowest BCUT2D eigenvalue weighted by molar-refractivity contribution is -0.143. The normalized spacial score (nSPS) is 13.7. The van der Waals surface area contributed by atoms with E-state index in [9.17, 15) is 24.3 Å². The van der Waals surface area contributed by atoms with Crippen molar-refractivity contribution in [3.05, 3.63) is 57.5 Å². The van der Waals surface area contributed by atoms with Gasteiger partial charge in [0.25, 0.3) is 11.5 Å². The fourth-order valence-electron chi connectivity index (χ4n) is 3.76. The summed E-state index contributed by atoms with van der Waals surface area (Å²) < 4.78 is 0. The molecule has 3 aromatic rings. The molecule has 0 saturated heterocycles. The van der Waals surface area contributed by atoms with E-state index in [0.29, 0.717) is 28.7 Å². The van der Waals surface area contributed by atoms with Gasteiger partial charge in [0.15, 0.2) is 5.65 Å². The molecular weight excluding hydrogens is 432 g/mol. The number of nitrogens with one attached hydrogen (secondary N) is 2. The SMILES string of the molecule is Nc1nc2ncc(CNc3ccc4c(c3)CN([C@H](CCC(=O)O)C(=O)O)C4=O)cc2c(=O)[nH]1. The predicted octanol–water partition coefficient (Wildman–Crippen LogP) is 0.786. The number of fused-ring (bicyclic) bond motifs is 2. The second-order valence-corrected chi connectivity index (χ2v) is 7.61. The van der Waals surface area contributed by atoms with Gasteiger partial charge >= 0.3 is 11.9 Å². The third-order valence-electron chi connectivity index (χ3n) is 5.36. The molecule has 1 aliphatic rings. The van der Waals surface area contributed by atoms with Crippen LogP contribution >= 0.6 is 0 Å². The Balaban J connectivity index is 1.49. The Kier molecular flexibility index (Phi) is 5.65. The molecule has 4 rings (SSSR count). The molecule has 12 nitrogen and oxygen atoms in total. The Hall–Kier alpha value is -4.48. The number of aromatic amines is 1. The van der Waals surface area contributed by atoms with E-state index >= 15 is 0 Å². The van der Waals surface area contributed by atoms with Gasteiger partial charge in [-0.1, -0.05) is 0 Å². The van der Waals surface area contributed by atoms with Crippen LogP contribution in [0.15, 0.2) is 35.3 Å². The minimum atomic E-state index is -1.24. The number of carboxylic acid groups (broad SMARTS) is 2. The molecule has 1 atom stereocenters. The molecule has 0 saturated carbocycles. The standard InChI is InChI=1S/C21H20N6O6/c22-21-25-17-14(18(30)26-21)5-10(8-24-17)7-23-12-1-2-13-11(6-12)9-27(19(13)31)15(20(32)33)3-4-16(28)29/h1-2,5-6,8,15,23H,3-4,7,9H2,(H,28,29)(H,32,33)(H3,22,24,25,26,30)/t15-/m1/s1. The molecule has 0 spiro atoms. The minimum absolute atomic E-state index is 0.0132. The molecule has 0 radical (unpaired) electrons. The fourth-order valence-corrected chi connectivity index (χ4v) is 3.76. The number of carboxylic acids is 2. The quantitative estimate of drug-likeness (QED) is 0.326. The maximum absolute atomic E-state index is 12.7. The number of carbonyl (C=O) groups excluding carboxylic acids is 1. The Bertz CT molecular complexity index is 1340. The molecule has 3 heterocycles. The number of benzene rings is 1. The second kappa shape index (κ2) is 8.57. The van der Waals surface area contributed by atoms with Crippen molar-refractivity contribution in [3.8, 4) is 0 Å². The van der Waals surface area contributed by atoms with Crippen molar-refractivity contribution >= 4 is 40.5 Å². The van der Waals surface area contributed by atoms with Gasteiger partial charge in [0, 0.05) is 37.0 Å². The summed E-state index contributed by atoms with van der Waals surface area (Å²) >= 11 is 0. The minimum Gasteiger partial charge on any atom is -0.481 e. The molecule has 6 N–H and O–H groups in total. The summed E-state index contributed by atoms with van der Waals surface area (Å²) in [6.45, 7) is 0.403. The third kappa shape index (κ3) is 4.44. The highest BCUT2D eigenvalue weighted by molar-refractivity contribution is 6.00. The van der Waals surface area contributed by atoms with Gasteiger partial charge in [-0.15, -0.1) is 0 Å². The van der Waals surface area contributed by atoms with Crippen LogP contribution < -0.4 is 16.6 Å². The number of aromatic nitrogens is 3. The molecule has 33 heavy (non-hydrogen) atoms. The third-order valence-corrected chi connectivity index (χ3v) is 5.36. The highest BCUT2D eigenvalue weighted by Gasteiger charge is 2.36. The zero-order chi connectivity index (χ0) is 23.7. The largest absolute Gasteiger partial charge is 0.481 e. The van der Waals surface area contributed by atoms with E-state index in [2.05, 4.69) is 20.3 Å². The first-order valence-electron chi connectivity index (χ1n) is 9.99. The van der Waals surface area contributed by atoms with Crippen molar-refractivity contribution in [1.29, 1.82) is 0 Å². The number of carbonyl (C=O) groups is 3. The smallest absolute Gasteiger partial charge is 0.326 e. The predicted molar refractivity (Wildman–Crippen MR) is 117 cm³/mol. The Labute approximate surface area is 186 Å². The van der Waals surface area contributed by atoms with E-state index in [1.165, 1.54) is 4.90 Å². The molecule has 12 heteroatoms. The van der Waals surface area contributed by atoms with E-state index in [0.717, 1.165) is 5.56 Å². The number of nitrogens with two attached hydrogens (primary N) is 1. The van der Waals surface area contributed by atoms with E-state index in [-0.39, 0.29) is 36.5 Å². The Morgan fingerprint density at radius 2 is 2.03 bits per heavy atom. The van der Waals surface area contributed by atoms with E-state index in [4.69, 9.17) is 10.8 Å². The molecule has 1 aromatic carbocycles. The number of aliphatic carboxylic acids is 2. The van der Waals surface area contributed by atoms with Gasteiger partial charge in [-0.3, -0.25) is 19.4 Å². The van der Waals surface area contributed by atoms with Gasteiger partial charge in [0.1, 0.15) is 6.04 Å². The summed E-state index contributed by atoms with van der Waals surface area (Å²) in [5.74, 6) is -2.83. The molecule has 2 aromatic heterocycles. The molecular formula is C21H20N6O6. The first kappa shape index (κ1) is 21.7. The lowest BCUT2D eigenvalue weighted by Gasteiger charge is -2.23. The summed E-state index contributed by atoms with van der Waals surface area (Å²) in [5.41, 5.74) is 7.80. The van der Waals surface area contributed by atoms with Crippen molar-refractivity contribution < 1.29 is 24.6 Å². The number of nitrogens with zero attached hydrogens (tertiary/aromatic N) is 3. The summed E-state index contributed by atoms with van der Waals surface area (Å²) in [7, 11) is 0. The number of H-pyrrole nitrogens is 1. The van der Waals surface area contributed by atoms with Crippen LogP contribution in [0.5, 0.6) is 0 Å². The summed E-state index contributed by atoms with van der Waals surface area (Å²) in [5, 5.41) is 21.8. The summed E-state index contributed by atoms with van der Waals surface area (Å²) in [4.78, 5) is 59.0. The zero-order valence-corrected chi connectivity index (χ0v) is 17.2. The van der Waals surface area contributed by atoms with Crippen LogP contribution in [-0.2, 0) is 22.7 Å². The van der Waals surface area contributed by atoms with Crippen molar-refractivity contribution in [2.24, 2.45) is 0 Å². The second-order valence-electron chi connectivity index (χ2n) is 7.61. The average molecular weight is 452 g/mol. The summed E-state index contributed by atoms with van der Waals surface area (Å²) in [6.07, 6.45) is 1.04. The Morgan fingerprint density at radius 3 is 2.76 bits per heavy atom. The van der Waals surface area contributed by atoms with Crippen LogP contribution in [0.3, 0.4) is 0 Å². The van der Waals surface area contributed by atoms with Crippen LogP contribution in [0, 0.1) is 0 Å². The van der Waals surface area contributed by atoms with Crippen molar-refractivity contribution in [3.63, 3.8) is 0 Å². The van der Waals surface area contributed by atoms with Crippen LogP contribution in [0.1, 0.15) is 34.3 Å². The monoisotopic (exact) mass is 452 g/mol. The molecule has 1 aliphatic heterocycles. The first-order chi connectivity index (χ1) is 15.7. The number of anilines is 2. The topological polar surface area (TPSA) is 192 Å². The molecule has 1 amide bonds. The number of hydrogen-bond acceptors (Lipinski definition) is 8. The first-order valence-corrected chi connectivity index (χ1v) is 9.99. The van der Waals surface area contributed by atoms with Crippen LogP contribution in [0.2, 0.25) is 0 Å². The van der Waals surface area contributed by atoms with Gasteiger partial charge in [0.05, 0.1) is 5.39 Å². The lowest BCUT2D eigenvalue weighted by atomic mass is 10.1. The molecule has 0 fully saturated rings. The molecule has 0 aliphatic carbocycles. The van der Waals surface area contributed by atoms with Gasteiger partial charge in [0.2, 0.25) is 5.95 Å². The van der Waals surface area contributed by atoms with Gasteiger partial charge < -0.3 is 26.2 Å². The fraction of sp³-hybridized carbons (Fsp3) is 0.238. The lowest BCUT2D eigenvalue weighted by Crippen LogP contribution is -2.41. The number of rotatable bonds is 8. The van der Waals surface area contributed by atoms with E-state index in [1.54, 1.807) is 30.5 Å². The highest BCUT2D eigenvalue weighted by Crippen LogP contribution is 2.29.